The molecule has 0 spiro atoms. The van der Waals surface area contributed by atoms with Crippen molar-refractivity contribution in [3.05, 3.63) is 96.7 Å². The molecule has 0 bridgehead atoms. The van der Waals surface area contributed by atoms with Crippen LogP contribution in [0, 0.1) is 10.1 Å². The van der Waals surface area contributed by atoms with Crippen LogP contribution in [0.1, 0.15) is 5.56 Å². The van der Waals surface area contributed by atoms with Gasteiger partial charge in [0.2, 0.25) is 11.6 Å². The van der Waals surface area contributed by atoms with Crippen molar-refractivity contribution in [2.24, 2.45) is 5.10 Å². The molecule has 3 aromatic carbocycles. The average molecular weight is 567 g/mol. The van der Waals surface area contributed by atoms with Gasteiger partial charge < -0.3 is 13.9 Å². The largest absolute Gasteiger partial charge is 0.474 e. The number of para-hydroxylation sites is 1. The maximum atomic E-state index is 13.5. The van der Waals surface area contributed by atoms with Gasteiger partial charge in [0.25, 0.3) is 5.56 Å². The van der Waals surface area contributed by atoms with Crippen molar-refractivity contribution in [1.29, 1.82) is 0 Å². The third-order valence-corrected chi connectivity index (χ3v) is 6.04. The van der Waals surface area contributed by atoms with E-state index in [-0.39, 0.29) is 33.3 Å². The fourth-order valence-corrected chi connectivity index (χ4v) is 4.21. The normalized spacial score (nSPS) is 11.4. The SMILES string of the molecule is COC(=O)COc1c(C=Nn2c(-c3cc4cc(Cl)ccc4o3)nc3ccccc3c2=O)cc(Cl)cc1[N+](=O)[O-]. The van der Waals surface area contributed by atoms with Crippen molar-refractivity contribution in [3.8, 4) is 17.3 Å². The number of fused-ring (bicyclic) bond motifs is 2. The zero-order chi connectivity index (χ0) is 27.7. The van der Waals surface area contributed by atoms with Gasteiger partial charge in [-0.1, -0.05) is 35.3 Å². The third-order valence-electron chi connectivity index (χ3n) is 5.59. The highest BCUT2D eigenvalue weighted by atomic mass is 35.5. The monoisotopic (exact) mass is 566 g/mol. The molecular weight excluding hydrogens is 551 g/mol. The van der Waals surface area contributed by atoms with Gasteiger partial charge in [0.1, 0.15) is 5.58 Å². The maximum absolute atomic E-state index is 13.5. The Labute approximate surface area is 228 Å². The van der Waals surface area contributed by atoms with E-state index in [0.717, 1.165) is 24.1 Å². The smallest absolute Gasteiger partial charge is 0.343 e. The molecule has 0 unspecified atom stereocenters. The second kappa shape index (κ2) is 10.6. The first-order valence-electron chi connectivity index (χ1n) is 11.2. The third kappa shape index (κ3) is 5.17. The Morgan fingerprint density at radius 2 is 1.95 bits per heavy atom. The molecule has 39 heavy (non-hydrogen) atoms. The lowest BCUT2D eigenvalue weighted by Gasteiger charge is -2.10. The number of nitro groups is 1. The van der Waals surface area contributed by atoms with Gasteiger partial charge in [0.05, 0.1) is 29.2 Å². The van der Waals surface area contributed by atoms with Crippen LogP contribution in [0.25, 0.3) is 33.5 Å². The summed E-state index contributed by atoms with van der Waals surface area (Å²) in [6.45, 7) is -0.607. The fourth-order valence-electron chi connectivity index (χ4n) is 3.81. The van der Waals surface area contributed by atoms with Gasteiger partial charge >= 0.3 is 11.7 Å². The van der Waals surface area contributed by atoms with Crippen LogP contribution in [-0.4, -0.2) is 40.5 Å². The molecule has 0 radical (unpaired) electrons. The molecule has 5 aromatic rings. The molecule has 0 saturated heterocycles. The first-order valence-corrected chi connectivity index (χ1v) is 11.9. The van der Waals surface area contributed by atoms with E-state index in [9.17, 15) is 19.7 Å². The number of aromatic nitrogens is 2. The summed E-state index contributed by atoms with van der Waals surface area (Å²) in [5, 5.41) is 17.4. The highest BCUT2D eigenvalue weighted by Crippen LogP contribution is 2.34. The van der Waals surface area contributed by atoms with E-state index in [4.69, 9.17) is 32.4 Å². The number of esters is 1. The van der Waals surface area contributed by atoms with Crippen LogP contribution in [0.3, 0.4) is 0 Å². The molecule has 0 aliphatic carbocycles. The summed E-state index contributed by atoms with van der Waals surface area (Å²) in [5.41, 5.74) is -0.0927. The zero-order valence-electron chi connectivity index (χ0n) is 20.0. The molecule has 0 atom stereocenters. The van der Waals surface area contributed by atoms with Gasteiger partial charge in [-0.05, 0) is 42.5 Å². The Kier molecular flexibility index (Phi) is 7.01. The Bertz CT molecular complexity index is 1860. The van der Waals surface area contributed by atoms with Crippen LogP contribution < -0.4 is 10.3 Å². The predicted molar refractivity (Wildman–Crippen MR) is 145 cm³/mol. The fraction of sp³-hybridized carbons (Fsp3) is 0.0769. The molecule has 2 aromatic heterocycles. The van der Waals surface area contributed by atoms with E-state index in [0.29, 0.717) is 21.5 Å². The van der Waals surface area contributed by atoms with Crippen molar-refractivity contribution >= 4 is 62.9 Å². The van der Waals surface area contributed by atoms with Crippen LogP contribution >= 0.6 is 23.2 Å². The van der Waals surface area contributed by atoms with Crippen LogP contribution in [0.15, 0.2) is 75.0 Å². The van der Waals surface area contributed by atoms with Crippen LogP contribution in [-0.2, 0) is 9.53 Å². The van der Waals surface area contributed by atoms with Crippen LogP contribution in [0.2, 0.25) is 10.0 Å². The second-order valence-corrected chi connectivity index (χ2v) is 8.94. The van der Waals surface area contributed by atoms with E-state index >= 15 is 0 Å². The van der Waals surface area contributed by atoms with Crippen molar-refractivity contribution in [3.63, 3.8) is 0 Å². The summed E-state index contributed by atoms with van der Waals surface area (Å²) in [4.78, 5) is 40.7. The van der Waals surface area contributed by atoms with E-state index in [2.05, 4.69) is 14.8 Å². The molecule has 0 saturated carbocycles. The number of hydrogen-bond donors (Lipinski definition) is 0. The number of nitrogens with zero attached hydrogens (tertiary/aromatic N) is 4. The Morgan fingerprint density at radius 1 is 1.15 bits per heavy atom. The van der Waals surface area contributed by atoms with Crippen LogP contribution in [0.5, 0.6) is 5.75 Å². The number of furan rings is 1. The van der Waals surface area contributed by atoms with Crippen LogP contribution in [0.4, 0.5) is 5.69 Å². The number of halogens is 2. The highest BCUT2D eigenvalue weighted by molar-refractivity contribution is 6.31. The van der Waals surface area contributed by atoms with Gasteiger partial charge in [-0.15, -0.1) is 0 Å². The minimum atomic E-state index is -0.760. The van der Waals surface area contributed by atoms with Gasteiger partial charge in [-0.25, -0.2) is 9.78 Å². The first kappa shape index (κ1) is 25.9. The number of carbonyl (C=O) groups is 1. The zero-order valence-corrected chi connectivity index (χ0v) is 21.5. The summed E-state index contributed by atoms with van der Waals surface area (Å²) in [5.74, 6) is -0.757. The lowest BCUT2D eigenvalue weighted by molar-refractivity contribution is -0.385. The van der Waals surface area contributed by atoms with Crippen molar-refractivity contribution in [2.45, 2.75) is 0 Å². The lowest BCUT2D eigenvalue weighted by atomic mass is 10.2. The molecule has 0 fully saturated rings. The van der Waals surface area contributed by atoms with Gasteiger partial charge in [0, 0.05) is 27.1 Å². The number of carbonyl (C=O) groups excluding carboxylic acids is 1. The molecule has 2 heterocycles. The first-order chi connectivity index (χ1) is 18.7. The van der Waals surface area contributed by atoms with Gasteiger partial charge in [-0.2, -0.15) is 9.78 Å². The van der Waals surface area contributed by atoms with Crippen molar-refractivity contribution in [1.82, 2.24) is 9.66 Å². The molecule has 11 nitrogen and oxygen atoms in total. The van der Waals surface area contributed by atoms with E-state index < -0.39 is 28.7 Å². The van der Waals surface area contributed by atoms with Crippen molar-refractivity contribution in [2.75, 3.05) is 13.7 Å². The molecule has 0 amide bonds. The second-order valence-electron chi connectivity index (χ2n) is 8.07. The Balaban J connectivity index is 1.70. The molecular formula is C26H16Cl2N4O7. The molecule has 0 aliphatic rings. The number of methoxy groups -OCH3 is 1. The van der Waals surface area contributed by atoms with Crippen molar-refractivity contribution < 1.29 is 23.6 Å². The summed E-state index contributed by atoms with van der Waals surface area (Å²) >= 11 is 12.2. The minimum Gasteiger partial charge on any atom is -0.474 e. The van der Waals surface area contributed by atoms with Gasteiger partial charge in [-0.3, -0.25) is 14.9 Å². The summed E-state index contributed by atoms with van der Waals surface area (Å²) in [6, 6.07) is 15.8. The standard InChI is InChI=1S/C26H16Cl2N4O7/c1-37-23(33)13-38-24-15(9-17(28)11-20(24)32(35)36)12-29-31-25(30-19-5-3-2-4-18(19)26(31)34)22-10-14-8-16(27)6-7-21(14)39-22/h2-12H,13H2,1H3. The number of benzene rings is 3. The quantitative estimate of drug-likeness (QED) is 0.109. The number of rotatable bonds is 7. The lowest BCUT2D eigenvalue weighted by Crippen LogP contribution is -2.20. The Morgan fingerprint density at radius 3 is 2.72 bits per heavy atom. The van der Waals surface area contributed by atoms with E-state index in [1.54, 1.807) is 48.5 Å². The molecule has 13 heteroatoms. The molecule has 196 valence electrons. The number of ether oxygens (including phenoxy) is 2. The highest BCUT2D eigenvalue weighted by Gasteiger charge is 2.22. The van der Waals surface area contributed by atoms with E-state index in [1.165, 1.54) is 6.07 Å². The Hall–Kier alpha value is -4.74. The summed E-state index contributed by atoms with van der Waals surface area (Å²) in [6.07, 6.45) is 1.15. The summed E-state index contributed by atoms with van der Waals surface area (Å²) < 4.78 is 16.9. The predicted octanol–water partition coefficient (Wildman–Crippen LogP) is 5.46. The van der Waals surface area contributed by atoms with Gasteiger partial charge in [0.15, 0.2) is 12.4 Å². The van der Waals surface area contributed by atoms with E-state index in [1.807, 2.05) is 0 Å². The molecule has 5 rings (SSSR count). The number of hydrogen-bond acceptors (Lipinski definition) is 9. The summed E-state index contributed by atoms with van der Waals surface area (Å²) in [7, 11) is 1.15. The topological polar surface area (TPSA) is 139 Å². The maximum Gasteiger partial charge on any atom is 0.343 e. The molecule has 0 N–H and O–H groups in total. The molecule has 0 aliphatic heterocycles. The average Bonchev–Trinajstić information content (AvgIpc) is 3.34. The minimum absolute atomic E-state index is 0.00642. The number of nitro benzene ring substituents is 1.